The maximum atomic E-state index is 13.1. The summed E-state index contributed by atoms with van der Waals surface area (Å²) in [4.78, 5) is 25.4. The average molecular weight is 441 g/mol. The number of carbonyl (C=O) groups excluding carboxylic acids is 2. The number of benzene rings is 3. The number of hydrogen-bond acceptors (Lipinski definition) is 4. The van der Waals surface area contributed by atoms with E-state index in [1.165, 1.54) is 24.3 Å². The van der Waals surface area contributed by atoms with Crippen molar-refractivity contribution < 1.29 is 23.5 Å². The molecule has 5 nitrogen and oxygen atoms in total. The van der Waals surface area contributed by atoms with Crippen LogP contribution in [0.1, 0.15) is 38.8 Å². The average Bonchev–Trinajstić information content (AvgIpc) is 3.34. The fourth-order valence-corrected chi connectivity index (χ4v) is 4.02. The Bertz CT molecular complexity index is 1450. The highest BCUT2D eigenvalue weighted by molar-refractivity contribution is 6.15. The summed E-state index contributed by atoms with van der Waals surface area (Å²) in [5.41, 5.74) is 3.15. The fourth-order valence-electron chi connectivity index (χ4n) is 4.02. The number of nitrogens with zero attached hydrogens (tertiary/aromatic N) is 1. The van der Waals surface area contributed by atoms with Crippen LogP contribution in [0.5, 0.6) is 11.5 Å². The van der Waals surface area contributed by atoms with Crippen LogP contribution in [0.3, 0.4) is 0 Å². The summed E-state index contributed by atoms with van der Waals surface area (Å²) in [7, 11) is 0. The Morgan fingerprint density at radius 1 is 1.09 bits per heavy atom. The van der Waals surface area contributed by atoms with Crippen LogP contribution in [0.2, 0.25) is 0 Å². The van der Waals surface area contributed by atoms with Gasteiger partial charge in [0.1, 0.15) is 17.3 Å². The van der Waals surface area contributed by atoms with E-state index in [0.29, 0.717) is 16.9 Å². The van der Waals surface area contributed by atoms with Crippen LogP contribution in [0.15, 0.2) is 72.6 Å². The minimum Gasteiger partial charge on any atom is -0.452 e. The molecule has 0 unspecified atom stereocenters. The van der Waals surface area contributed by atoms with Gasteiger partial charge in [-0.3, -0.25) is 4.79 Å². The zero-order chi connectivity index (χ0) is 23.1. The molecule has 4 aromatic rings. The van der Waals surface area contributed by atoms with E-state index >= 15 is 0 Å². The summed E-state index contributed by atoms with van der Waals surface area (Å²) in [5, 5.41) is 1.03. The van der Waals surface area contributed by atoms with Gasteiger partial charge in [-0.2, -0.15) is 0 Å². The molecule has 3 aromatic carbocycles. The summed E-state index contributed by atoms with van der Waals surface area (Å²) in [6.45, 7) is 4.60. The van der Waals surface area contributed by atoms with Gasteiger partial charge in [0.15, 0.2) is 5.76 Å². The second-order valence-corrected chi connectivity index (χ2v) is 7.79. The van der Waals surface area contributed by atoms with Crippen LogP contribution >= 0.6 is 0 Å². The monoisotopic (exact) mass is 441 g/mol. The molecule has 0 atom stereocenters. The number of allylic oxidation sites excluding steroid dienone is 1. The maximum absolute atomic E-state index is 13.1. The molecule has 1 aliphatic rings. The first-order valence-electron chi connectivity index (χ1n) is 10.6. The molecular weight excluding hydrogens is 421 g/mol. The van der Waals surface area contributed by atoms with Crippen LogP contribution in [-0.2, 0) is 6.54 Å². The topological polar surface area (TPSA) is 57.5 Å². The number of para-hydroxylation sites is 1. The van der Waals surface area contributed by atoms with Gasteiger partial charge in [-0.25, -0.2) is 9.18 Å². The van der Waals surface area contributed by atoms with E-state index < -0.39 is 11.8 Å². The molecule has 0 spiro atoms. The van der Waals surface area contributed by atoms with E-state index in [2.05, 4.69) is 11.5 Å². The fraction of sp³-hybridized carbons (Fsp3) is 0.111. The van der Waals surface area contributed by atoms with Crippen molar-refractivity contribution in [2.24, 2.45) is 0 Å². The second-order valence-electron chi connectivity index (χ2n) is 7.79. The van der Waals surface area contributed by atoms with Crippen LogP contribution in [0, 0.1) is 12.7 Å². The Morgan fingerprint density at radius 3 is 2.61 bits per heavy atom. The van der Waals surface area contributed by atoms with E-state index in [1.54, 1.807) is 25.1 Å². The molecule has 2 heterocycles. The van der Waals surface area contributed by atoms with Crippen molar-refractivity contribution in [3.05, 3.63) is 101 Å². The van der Waals surface area contributed by atoms with Gasteiger partial charge in [-0.1, -0.05) is 18.2 Å². The predicted octanol–water partition coefficient (Wildman–Crippen LogP) is 5.94. The highest BCUT2D eigenvalue weighted by Gasteiger charge is 2.31. The highest BCUT2D eigenvalue weighted by Crippen LogP contribution is 2.40. The summed E-state index contributed by atoms with van der Waals surface area (Å²) in [5.74, 6) is -0.416. The molecule has 164 valence electrons. The third-order valence-electron chi connectivity index (χ3n) is 5.77. The molecule has 0 aliphatic carbocycles. The SMILES string of the molecule is CCn1cc(/C=C2/Oc3c(ccc(OC(=O)c4ccc(F)cc4)c3C)C2=O)c2ccccc21. The van der Waals surface area contributed by atoms with Gasteiger partial charge in [-0.05, 0) is 62.4 Å². The predicted molar refractivity (Wildman–Crippen MR) is 123 cm³/mol. The van der Waals surface area contributed by atoms with Crippen molar-refractivity contribution >= 4 is 28.7 Å². The number of ketones is 1. The van der Waals surface area contributed by atoms with Crippen molar-refractivity contribution in [3.8, 4) is 11.5 Å². The number of rotatable bonds is 4. The molecule has 0 amide bonds. The van der Waals surface area contributed by atoms with Crippen molar-refractivity contribution in [1.29, 1.82) is 0 Å². The third-order valence-corrected chi connectivity index (χ3v) is 5.77. The van der Waals surface area contributed by atoms with Gasteiger partial charge in [0.2, 0.25) is 5.78 Å². The molecule has 1 aliphatic heterocycles. The van der Waals surface area contributed by atoms with Gasteiger partial charge >= 0.3 is 5.97 Å². The van der Waals surface area contributed by atoms with E-state index in [0.717, 1.165) is 23.0 Å². The Balaban J connectivity index is 1.46. The zero-order valence-corrected chi connectivity index (χ0v) is 18.1. The summed E-state index contributed by atoms with van der Waals surface area (Å²) >= 11 is 0. The van der Waals surface area contributed by atoms with Crippen molar-refractivity contribution in [2.45, 2.75) is 20.4 Å². The highest BCUT2D eigenvalue weighted by atomic mass is 19.1. The standard InChI is InChI=1S/C27H20FNO4/c1-3-29-15-18(20-6-4-5-7-22(20)29)14-24-25(30)21-12-13-23(16(2)26(21)32-24)33-27(31)17-8-10-19(28)11-9-17/h4-15H,3H2,1-2H3/b24-14+. The number of hydrogen-bond donors (Lipinski definition) is 0. The number of aromatic nitrogens is 1. The van der Waals surface area contributed by atoms with Crippen LogP contribution in [0.4, 0.5) is 4.39 Å². The molecule has 6 heteroatoms. The first-order chi connectivity index (χ1) is 16.0. The molecule has 5 rings (SSSR count). The number of esters is 1. The smallest absolute Gasteiger partial charge is 0.343 e. The molecule has 0 radical (unpaired) electrons. The molecule has 0 saturated heterocycles. The molecular formula is C27H20FNO4. The summed E-state index contributed by atoms with van der Waals surface area (Å²) < 4.78 is 26.7. The lowest BCUT2D eigenvalue weighted by atomic mass is 10.1. The van der Waals surface area contributed by atoms with Crippen molar-refractivity contribution in [2.75, 3.05) is 0 Å². The first-order valence-corrected chi connectivity index (χ1v) is 10.6. The lowest BCUT2D eigenvalue weighted by Gasteiger charge is -2.10. The molecule has 0 bridgehead atoms. The number of halogens is 1. The largest absolute Gasteiger partial charge is 0.452 e. The number of carbonyl (C=O) groups is 2. The van der Waals surface area contributed by atoms with Crippen molar-refractivity contribution in [3.63, 3.8) is 0 Å². The third kappa shape index (κ3) is 3.59. The van der Waals surface area contributed by atoms with Crippen LogP contribution < -0.4 is 9.47 Å². The maximum Gasteiger partial charge on any atom is 0.343 e. The quantitative estimate of drug-likeness (QED) is 0.223. The van der Waals surface area contributed by atoms with Crippen LogP contribution in [-0.4, -0.2) is 16.3 Å². The van der Waals surface area contributed by atoms with E-state index in [4.69, 9.17) is 9.47 Å². The second kappa shape index (κ2) is 8.06. The molecule has 0 N–H and O–H groups in total. The Kier molecular flexibility index (Phi) is 5.05. The molecule has 1 aromatic heterocycles. The minimum absolute atomic E-state index is 0.217. The molecule has 0 saturated carbocycles. The van der Waals surface area contributed by atoms with Crippen molar-refractivity contribution in [1.82, 2.24) is 4.57 Å². The van der Waals surface area contributed by atoms with Gasteiger partial charge in [0.25, 0.3) is 0 Å². The molecule has 33 heavy (non-hydrogen) atoms. The number of fused-ring (bicyclic) bond motifs is 2. The number of aryl methyl sites for hydroxylation is 1. The van der Waals surface area contributed by atoms with Crippen LogP contribution in [0.25, 0.3) is 17.0 Å². The number of Topliss-reactive ketones (excluding diaryl/α,β-unsaturated/α-hetero) is 1. The Hall–Kier alpha value is -4.19. The Labute approximate surface area is 189 Å². The first kappa shape index (κ1) is 20.7. The Morgan fingerprint density at radius 2 is 1.85 bits per heavy atom. The van der Waals surface area contributed by atoms with Gasteiger partial charge in [0, 0.05) is 34.8 Å². The zero-order valence-electron chi connectivity index (χ0n) is 18.1. The minimum atomic E-state index is -0.620. The number of ether oxygens (including phenoxy) is 2. The van der Waals surface area contributed by atoms with E-state index in [9.17, 15) is 14.0 Å². The lowest BCUT2D eigenvalue weighted by molar-refractivity contribution is 0.0733. The van der Waals surface area contributed by atoms with E-state index in [1.807, 2.05) is 30.5 Å². The van der Waals surface area contributed by atoms with Gasteiger partial charge in [-0.15, -0.1) is 0 Å². The lowest BCUT2D eigenvalue weighted by Crippen LogP contribution is -2.09. The normalized spacial score (nSPS) is 13.9. The van der Waals surface area contributed by atoms with Gasteiger partial charge < -0.3 is 14.0 Å². The summed E-state index contributed by atoms with van der Waals surface area (Å²) in [6.07, 6.45) is 3.75. The van der Waals surface area contributed by atoms with E-state index in [-0.39, 0.29) is 22.9 Å². The van der Waals surface area contributed by atoms with Gasteiger partial charge in [0.05, 0.1) is 11.1 Å². The summed E-state index contributed by atoms with van der Waals surface area (Å²) in [6, 6.07) is 16.3. The molecule has 0 fully saturated rings.